The summed E-state index contributed by atoms with van der Waals surface area (Å²) in [6, 6.07) is 2.44. The summed E-state index contributed by atoms with van der Waals surface area (Å²) >= 11 is 2.82. The van der Waals surface area contributed by atoms with Gasteiger partial charge in [0.1, 0.15) is 11.6 Å². The summed E-state index contributed by atoms with van der Waals surface area (Å²) in [6.07, 6.45) is -5.01. The smallest absolute Gasteiger partial charge is 0.398 e. The quantitative estimate of drug-likeness (QED) is 0.800. The molecule has 15 heavy (non-hydrogen) atoms. The molecule has 1 N–H and O–H groups in total. The maximum Gasteiger partial charge on any atom is 0.573 e. The van der Waals surface area contributed by atoms with Crippen LogP contribution in [0.4, 0.5) is 13.2 Å². The van der Waals surface area contributed by atoms with Gasteiger partial charge in [0.2, 0.25) is 5.75 Å². The molecule has 0 bridgehead atoms. The molecule has 0 aliphatic carbocycles. The van der Waals surface area contributed by atoms with E-state index in [0.29, 0.717) is 0 Å². The number of nitrogens with zero attached hydrogens (tertiary/aromatic N) is 1. The number of hydrogen-bond acceptors (Lipinski definition) is 3. The molecular weight excluding hydrogens is 281 g/mol. The number of aromatic nitrogens is 1. The highest BCUT2D eigenvalue weighted by Crippen LogP contribution is 2.23. The summed E-state index contributed by atoms with van der Waals surface area (Å²) in [5.41, 5.74) is -1.62. The lowest BCUT2D eigenvalue weighted by Gasteiger charge is -2.08. The number of H-pyrrole nitrogens is 1. The van der Waals surface area contributed by atoms with Crippen LogP contribution in [0.1, 0.15) is 5.56 Å². The number of rotatable bonds is 1. The lowest BCUT2D eigenvalue weighted by Crippen LogP contribution is -2.23. The van der Waals surface area contributed by atoms with E-state index in [0.717, 1.165) is 6.07 Å². The lowest BCUT2D eigenvalue weighted by atomic mass is 10.3. The molecule has 0 fully saturated rings. The van der Waals surface area contributed by atoms with Gasteiger partial charge in [-0.3, -0.25) is 4.79 Å². The number of aromatic amines is 1. The van der Waals surface area contributed by atoms with Gasteiger partial charge in [0, 0.05) is 0 Å². The van der Waals surface area contributed by atoms with Gasteiger partial charge in [-0.15, -0.1) is 13.2 Å². The fourth-order valence-corrected chi connectivity index (χ4v) is 1.22. The number of alkyl halides is 3. The van der Waals surface area contributed by atoms with Crippen LogP contribution in [0.2, 0.25) is 0 Å². The fourth-order valence-electron chi connectivity index (χ4n) is 0.816. The van der Waals surface area contributed by atoms with E-state index < -0.39 is 23.2 Å². The van der Waals surface area contributed by atoms with E-state index in [1.807, 2.05) is 4.98 Å². The van der Waals surface area contributed by atoms with E-state index in [1.54, 1.807) is 0 Å². The fraction of sp³-hybridized carbons (Fsp3) is 0.143. The largest absolute Gasteiger partial charge is 0.573 e. The monoisotopic (exact) mass is 282 g/mol. The third-order valence-corrected chi connectivity index (χ3v) is 1.72. The summed E-state index contributed by atoms with van der Waals surface area (Å²) in [5, 5.41) is 8.49. The molecule has 8 heteroatoms. The number of halogens is 4. The van der Waals surface area contributed by atoms with E-state index in [9.17, 15) is 18.0 Å². The van der Waals surface area contributed by atoms with Crippen LogP contribution in [0, 0.1) is 11.3 Å². The normalized spacial score (nSPS) is 10.9. The topological polar surface area (TPSA) is 65.9 Å². The van der Waals surface area contributed by atoms with Crippen molar-refractivity contribution in [2.24, 2.45) is 0 Å². The summed E-state index contributed by atoms with van der Waals surface area (Å²) in [5.74, 6) is -1.06. The van der Waals surface area contributed by atoms with Gasteiger partial charge in [-0.05, 0) is 22.0 Å². The average Bonchev–Trinajstić information content (AvgIpc) is 2.07. The number of nitriles is 1. The summed E-state index contributed by atoms with van der Waals surface area (Å²) in [7, 11) is 0. The second-order valence-electron chi connectivity index (χ2n) is 2.35. The molecule has 1 aromatic rings. The Morgan fingerprint density at radius 2 is 2.13 bits per heavy atom. The third kappa shape index (κ3) is 2.99. The third-order valence-electron chi connectivity index (χ3n) is 1.29. The Morgan fingerprint density at radius 1 is 1.53 bits per heavy atom. The molecule has 4 nitrogen and oxygen atoms in total. The van der Waals surface area contributed by atoms with Crippen molar-refractivity contribution in [3.63, 3.8) is 0 Å². The molecule has 1 aromatic heterocycles. The van der Waals surface area contributed by atoms with Crippen LogP contribution >= 0.6 is 15.9 Å². The van der Waals surface area contributed by atoms with E-state index in [-0.39, 0.29) is 4.60 Å². The zero-order valence-electron chi connectivity index (χ0n) is 6.85. The van der Waals surface area contributed by atoms with Crippen molar-refractivity contribution in [2.45, 2.75) is 6.36 Å². The molecule has 0 radical (unpaired) electrons. The van der Waals surface area contributed by atoms with E-state index in [4.69, 9.17) is 5.26 Å². The number of hydrogen-bond donors (Lipinski definition) is 1. The molecule has 0 aromatic carbocycles. The van der Waals surface area contributed by atoms with Gasteiger partial charge in [0.25, 0.3) is 5.56 Å². The van der Waals surface area contributed by atoms with Gasteiger partial charge in [-0.1, -0.05) is 0 Å². The Kier molecular flexibility index (Phi) is 3.04. The van der Waals surface area contributed by atoms with Crippen LogP contribution in [0.15, 0.2) is 15.5 Å². The molecule has 0 aliphatic heterocycles. The lowest BCUT2D eigenvalue weighted by molar-refractivity contribution is -0.275. The van der Waals surface area contributed by atoms with Gasteiger partial charge < -0.3 is 9.72 Å². The van der Waals surface area contributed by atoms with E-state index in [1.165, 1.54) is 6.07 Å². The zero-order chi connectivity index (χ0) is 11.6. The molecule has 0 unspecified atom stereocenters. The van der Waals surface area contributed by atoms with Crippen LogP contribution in [-0.2, 0) is 0 Å². The van der Waals surface area contributed by atoms with E-state index >= 15 is 0 Å². The Labute approximate surface area is 89.4 Å². The molecule has 1 heterocycles. The molecule has 80 valence electrons. The zero-order valence-corrected chi connectivity index (χ0v) is 8.44. The average molecular weight is 283 g/mol. The van der Waals surface area contributed by atoms with Crippen molar-refractivity contribution in [1.82, 2.24) is 4.98 Å². The molecule has 0 aliphatic rings. The molecule has 1 rings (SSSR count). The molecule has 0 saturated heterocycles. The number of ether oxygens (including phenoxy) is 1. The van der Waals surface area contributed by atoms with Crippen molar-refractivity contribution >= 4 is 15.9 Å². The Balaban J connectivity index is 3.30. The number of pyridine rings is 1. The Bertz CT molecular complexity index is 475. The maximum absolute atomic E-state index is 11.8. The van der Waals surface area contributed by atoms with Crippen molar-refractivity contribution in [2.75, 3.05) is 0 Å². The SMILES string of the molecule is N#Cc1cc(Br)[nH]c(=O)c1OC(F)(F)F. The first-order chi connectivity index (χ1) is 6.83. The maximum atomic E-state index is 11.8. The van der Waals surface area contributed by atoms with Crippen molar-refractivity contribution in [3.05, 3.63) is 26.6 Å². The highest BCUT2D eigenvalue weighted by Gasteiger charge is 2.33. The first kappa shape index (κ1) is 11.6. The molecule has 0 atom stereocenters. The summed E-state index contributed by atoms with van der Waals surface area (Å²) in [6.45, 7) is 0. The summed E-state index contributed by atoms with van der Waals surface area (Å²) < 4.78 is 39.0. The highest BCUT2D eigenvalue weighted by atomic mass is 79.9. The second kappa shape index (κ2) is 3.94. The molecule has 0 amide bonds. The summed E-state index contributed by atoms with van der Waals surface area (Å²) in [4.78, 5) is 13.1. The minimum atomic E-state index is -5.01. The predicted molar refractivity (Wildman–Crippen MR) is 46.2 cm³/mol. The first-order valence-electron chi connectivity index (χ1n) is 3.42. The standard InChI is InChI=1S/C7H2BrF3N2O2/c8-4-1-3(2-12)5(6(14)13-4)15-7(9,10)11/h1H,(H,13,14). The Hall–Kier alpha value is -1.49. The minimum Gasteiger partial charge on any atom is -0.398 e. The van der Waals surface area contributed by atoms with Gasteiger partial charge in [0.05, 0.1) is 4.60 Å². The van der Waals surface area contributed by atoms with Crippen LogP contribution in [-0.4, -0.2) is 11.3 Å². The van der Waals surface area contributed by atoms with Crippen LogP contribution in [0.3, 0.4) is 0 Å². The van der Waals surface area contributed by atoms with Crippen molar-refractivity contribution in [3.8, 4) is 11.8 Å². The van der Waals surface area contributed by atoms with Gasteiger partial charge in [-0.25, -0.2) is 0 Å². The molecular formula is C7H2BrF3N2O2. The van der Waals surface area contributed by atoms with E-state index in [2.05, 4.69) is 20.7 Å². The predicted octanol–water partition coefficient (Wildman–Crippen LogP) is 1.91. The molecule has 0 saturated carbocycles. The number of nitrogens with one attached hydrogen (secondary N) is 1. The Morgan fingerprint density at radius 3 is 2.60 bits per heavy atom. The van der Waals surface area contributed by atoms with Crippen LogP contribution in [0.5, 0.6) is 5.75 Å². The van der Waals surface area contributed by atoms with Crippen molar-refractivity contribution in [1.29, 1.82) is 5.26 Å². The molecule has 0 spiro atoms. The first-order valence-corrected chi connectivity index (χ1v) is 4.21. The second-order valence-corrected chi connectivity index (χ2v) is 3.20. The van der Waals surface area contributed by atoms with Crippen molar-refractivity contribution < 1.29 is 17.9 Å². The van der Waals surface area contributed by atoms with Crippen LogP contribution in [0.25, 0.3) is 0 Å². The van der Waals surface area contributed by atoms with Gasteiger partial charge in [0.15, 0.2) is 0 Å². The van der Waals surface area contributed by atoms with Gasteiger partial charge in [-0.2, -0.15) is 5.26 Å². The minimum absolute atomic E-state index is 0.0959. The highest BCUT2D eigenvalue weighted by molar-refractivity contribution is 9.10. The van der Waals surface area contributed by atoms with Crippen LogP contribution < -0.4 is 10.3 Å². The van der Waals surface area contributed by atoms with Gasteiger partial charge >= 0.3 is 6.36 Å².